The Morgan fingerprint density at radius 1 is 1.12 bits per heavy atom. The molecule has 1 amide bonds. The third-order valence-electron chi connectivity index (χ3n) is 4.80. The standard InChI is InChI=1S/C20H20ClN3OS/c1-2-14-4-3-5-17-18(14)22-20(26-17)24-12-10-23(11-13-24)19(25)15-6-8-16(21)9-7-15/h3-9H,2,10-13H2,1H3. The quantitative estimate of drug-likeness (QED) is 0.667. The number of hydrogen-bond acceptors (Lipinski definition) is 4. The third-order valence-corrected chi connectivity index (χ3v) is 6.13. The molecule has 4 nitrogen and oxygen atoms in total. The number of amides is 1. The van der Waals surface area contributed by atoms with Gasteiger partial charge in [0.2, 0.25) is 0 Å². The number of hydrogen-bond donors (Lipinski definition) is 0. The summed E-state index contributed by atoms with van der Waals surface area (Å²) in [5.41, 5.74) is 3.10. The molecule has 6 heteroatoms. The maximum Gasteiger partial charge on any atom is 0.253 e. The molecule has 1 saturated heterocycles. The number of nitrogens with zero attached hydrogens (tertiary/aromatic N) is 3. The van der Waals surface area contributed by atoms with Gasteiger partial charge in [-0.1, -0.05) is 42.0 Å². The Morgan fingerprint density at radius 2 is 1.85 bits per heavy atom. The van der Waals surface area contributed by atoms with Crippen molar-refractivity contribution in [1.82, 2.24) is 9.88 Å². The predicted molar refractivity (Wildman–Crippen MR) is 109 cm³/mol. The lowest BCUT2D eigenvalue weighted by Crippen LogP contribution is -2.48. The molecule has 1 aliphatic heterocycles. The summed E-state index contributed by atoms with van der Waals surface area (Å²) >= 11 is 7.64. The van der Waals surface area contributed by atoms with Crippen molar-refractivity contribution in [3.63, 3.8) is 0 Å². The van der Waals surface area contributed by atoms with Crippen LogP contribution in [0.5, 0.6) is 0 Å². The van der Waals surface area contributed by atoms with Crippen LogP contribution in [-0.2, 0) is 6.42 Å². The molecule has 2 aromatic carbocycles. The Balaban J connectivity index is 1.46. The van der Waals surface area contributed by atoms with Crippen LogP contribution in [0.2, 0.25) is 5.02 Å². The van der Waals surface area contributed by atoms with Gasteiger partial charge in [0, 0.05) is 36.8 Å². The number of piperazine rings is 1. The van der Waals surface area contributed by atoms with Crippen LogP contribution in [0.1, 0.15) is 22.8 Å². The number of thiazole rings is 1. The number of anilines is 1. The van der Waals surface area contributed by atoms with Gasteiger partial charge in [0.05, 0.1) is 10.2 Å². The second kappa shape index (κ2) is 7.25. The summed E-state index contributed by atoms with van der Waals surface area (Å²) in [6.07, 6.45) is 0.990. The average molecular weight is 386 g/mol. The molecule has 0 aliphatic carbocycles. The minimum Gasteiger partial charge on any atom is -0.345 e. The highest BCUT2D eigenvalue weighted by Gasteiger charge is 2.24. The number of carbonyl (C=O) groups excluding carboxylic acids is 1. The third kappa shape index (κ3) is 3.29. The molecule has 0 spiro atoms. The average Bonchev–Trinajstić information content (AvgIpc) is 3.12. The summed E-state index contributed by atoms with van der Waals surface area (Å²) in [5, 5.41) is 1.70. The monoisotopic (exact) mass is 385 g/mol. The minimum atomic E-state index is 0.0684. The summed E-state index contributed by atoms with van der Waals surface area (Å²) < 4.78 is 1.24. The molecule has 2 heterocycles. The van der Waals surface area contributed by atoms with E-state index >= 15 is 0 Å². The van der Waals surface area contributed by atoms with Crippen molar-refractivity contribution in [2.45, 2.75) is 13.3 Å². The molecule has 1 fully saturated rings. The van der Waals surface area contributed by atoms with Crippen LogP contribution in [0.3, 0.4) is 0 Å². The fraction of sp³-hybridized carbons (Fsp3) is 0.300. The second-order valence-electron chi connectivity index (χ2n) is 6.40. The molecule has 134 valence electrons. The van der Waals surface area contributed by atoms with Gasteiger partial charge in [0.1, 0.15) is 0 Å². The van der Waals surface area contributed by atoms with E-state index in [1.807, 2.05) is 4.90 Å². The molecular weight excluding hydrogens is 366 g/mol. The van der Waals surface area contributed by atoms with Gasteiger partial charge in [-0.05, 0) is 42.3 Å². The highest BCUT2D eigenvalue weighted by Crippen LogP contribution is 2.31. The Bertz CT molecular complexity index is 930. The van der Waals surface area contributed by atoms with E-state index in [2.05, 4.69) is 30.0 Å². The van der Waals surface area contributed by atoms with Crippen LogP contribution < -0.4 is 4.90 Å². The SMILES string of the molecule is CCc1cccc2sc(N3CCN(C(=O)c4ccc(Cl)cc4)CC3)nc12. The number of para-hydroxylation sites is 1. The molecule has 3 aromatic rings. The first-order valence-electron chi connectivity index (χ1n) is 8.84. The Labute approximate surface area is 162 Å². The van der Waals surface area contributed by atoms with E-state index in [9.17, 15) is 4.79 Å². The molecule has 0 radical (unpaired) electrons. The fourth-order valence-electron chi connectivity index (χ4n) is 3.29. The lowest BCUT2D eigenvalue weighted by atomic mass is 10.1. The number of benzene rings is 2. The summed E-state index contributed by atoms with van der Waals surface area (Å²) in [4.78, 5) is 21.7. The van der Waals surface area contributed by atoms with Crippen LogP contribution in [0.15, 0.2) is 42.5 Å². The van der Waals surface area contributed by atoms with Crippen LogP contribution in [0, 0.1) is 0 Å². The van der Waals surface area contributed by atoms with Gasteiger partial charge in [-0.2, -0.15) is 0 Å². The number of aryl methyl sites for hydroxylation is 1. The number of carbonyl (C=O) groups is 1. The number of rotatable bonds is 3. The van der Waals surface area contributed by atoms with Gasteiger partial charge in [0.15, 0.2) is 5.13 Å². The van der Waals surface area contributed by atoms with E-state index in [4.69, 9.17) is 16.6 Å². The second-order valence-corrected chi connectivity index (χ2v) is 7.85. The molecule has 4 rings (SSSR count). The summed E-state index contributed by atoms with van der Waals surface area (Å²) in [6.45, 7) is 5.19. The van der Waals surface area contributed by atoms with E-state index in [-0.39, 0.29) is 5.91 Å². The molecule has 26 heavy (non-hydrogen) atoms. The zero-order chi connectivity index (χ0) is 18.1. The molecule has 0 unspecified atom stereocenters. The Hall–Kier alpha value is -2.11. The van der Waals surface area contributed by atoms with Crippen LogP contribution in [0.25, 0.3) is 10.2 Å². The maximum absolute atomic E-state index is 12.6. The van der Waals surface area contributed by atoms with E-state index in [1.165, 1.54) is 10.3 Å². The predicted octanol–water partition coefficient (Wildman–Crippen LogP) is 4.47. The molecule has 0 atom stereocenters. The zero-order valence-corrected chi connectivity index (χ0v) is 16.2. The topological polar surface area (TPSA) is 36.4 Å². The molecule has 1 aliphatic rings. The molecule has 0 bridgehead atoms. The molecule has 1 aromatic heterocycles. The van der Waals surface area contributed by atoms with Crippen LogP contribution >= 0.6 is 22.9 Å². The number of halogens is 1. The van der Waals surface area contributed by atoms with Gasteiger partial charge < -0.3 is 9.80 Å². The van der Waals surface area contributed by atoms with Gasteiger partial charge in [0.25, 0.3) is 5.91 Å². The zero-order valence-electron chi connectivity index (χ0n) is 14.6. The van der Waals surface area contributed by atoms with Gasteiger partial charge >= 0.3 is 0 Å². The lowest BCUT2D eigenvalue weighted by molar-refractivity contribution is 0.0747. The Kier molecular flexibility index (Phi) is 4.83. The smallest absolute Gasteiger partial charge is 0.253 e. The lowest BCUT2D eigenvalue weighted by Gasteiger charge is -2.34. The fourth-order valence-corrected chi connectivity index (χ4v) is 4.48. The minimum absolute atomic E-state index is 0.0684. The number of fused-ring (bicyclic) bond motifs is 1. The molecule has 0 saturated carbocycles. The normalized spacial score (nSPS) is 14.8. The number of aromatic nitrogens is 1. The molecular formula is C20H20ClN3OS. The van der Waals surface area contributed by atoms with Crippen molar-refractivity contribution in [3.05, 3.63) is 58.6 Å². The van der Waals surface area contributed by atoms with Crippen LogP contribution in [-0.4, -0.2) is 42.0 Å². The van der Waals surface area contributed by atoms with Crippen LogP contribution in [0.4, 0.5) is 5.13 Å². The van der Waals surface area contributed by atoms with Crippen molar-refractivity contribution in [3.8, 4) is 0 Å². The first-order chi connectivity index (χ1) is 12.7. The van der Waals surface area contributed by atoms with Gasteiger partial charge in [-0.25, -0.2) is 4.98 Å². The summed E-state index contributed by atoms with van der Waals surface area (Å²) in [7, 11) is 0. The highest BCUT2D eigenvalue weighted by atomic mass is 35.5. The maximum atomic E-state index is 12.6. The first-order valence-corrected chi connectivity index (χ1v) is 10.0. The summed E-state index contributed by atoms with van der Waals surface area (Å²) in [6, 6.07) is 13.5. The van der Waals surface area contributed by atoms with E-state index in [0.717, 1.165) is 30.2 Å². The Morgan fingerprint density at radius 3 is 2.54 bits per heavy atom. The van der Waals surface area contributed by atoms with E-state index < -0.39 is 0 Å². The van der Waals surface area contributed by atoms with Gasteiger partial charge in [-0.15, -0.1) is 0 Å². The highest BCUT2D eigenvalue weighted by molar-refractivity contribution is 7.22. The van der Waals surface area contributed by atoms with Crippen molar-refractivity contribution in [1.29, 1.82) is 0 Å². The first kappa shape index (κ1) is 17.3. The molecule has 0 N–H and O–H groups in total. The van der Waals surface area contributed by atoms with Crippen molar-refractivity contribution >= 4 is 44.2 Å². The van der Waals surface area contributed by atoms with Crippen molar-refractivity contribution in [2.24, 2.45) is 0 Å². The van der Waals surface area contributed by atoms with Gasteiger partial charge in [-0.3, -0.25) is 4.79 Å². The van der Waals surface area contributed by atoms with Crippen molar-refractivity contribution in [2.75, 3.05) is 31.1 Å². The van der Waals surface area contributed by atoms with Crippen molar-refractivity contribution < 1.29 is 4.79 Å². The largest absolute Gasteiger partial charge is 0.345 e. The van der Waals surface area contributed by atoms with E-state index in [0.29, 0.717) is 23.7 Å². The van der Waals surface area contributed by atoms with E-state index in [1.54, 1.807) is 35.6 Å². The summed E-state index contributed by atoms with van der Waals surface area (Å²) in [5.74, 6) is 0.0684.